The molecule has 4 heteroatoms. The van der Waals surface area contributed by atoms with Crippen molar-refractivity contribution < 1.29 is 4.92 Å². The zero-order valence-electron chi connectivity index (χ0n) is 16.9. The largest absolute Gasteiger partial charge is 0.372 e. The van der Waals surface area contributed by atoms with Crippen LogP contribution in [0.4, 0.5) is 11.4 Å². The van der Waals surface area contributed by atoms with E-state index in [9.17, 15) is 10.1 Å². The van der Waals surface area contributed by atoms with Crippen LogP contribution in [0.15, 0.2) is 24.3 Å². The zero-order valence-corrected chi connectivity index (χ0v) is 16.9. The summed E-state index contributed by atoms with van der Waals surface area (Å²) in [6, 6.07) is 7.08. The van der Waals surface area contributed by atoms with Crippen LogP contribution in [0.2, 0.25) is 0 Å². The third kappa shape index (κ3) is 9.79. The molecule has 0 aromatic heterocycles. The summed E-state index contributed by atoms with van der Waals surface area (Å²) in [5, 5.41) is 10.9. The maximum Gasteiger partial charge on any atom is 0.269 e. The number of unbranched alkanes of at least 4 members (excludes halogenated alkanes) is 10. The van der Waals surface area contributed by atoms with E-state index in [1.54, 1.807) is 12.1 Å². The number of hydrogen-bond donors (Lipinski definition) is 0. The number of hydrogen-bond acceptors (Lipinski definition) is 3. The third-order valence-electron chi connectivity index (χ3n) is 4.99. The van der Waals surface area contributed by atoms with Gasteiger partial charge in [0.2, 0.25) is 0 Å². The highest BCUT2D eigenvalue weighted by molar-refractivity contribution is 5.50. The van der Waals surface area contributed by atoms with Crippen molar-refractivity contribution in [3.05, 3.63) is 34.4 Å². The predicted octanol–water partition coefficient (Wildman–Crippen LogP) is 7.12. The van der Waals surface area contributed by atoms with Crippen molar-refractivity contribution in [1.82, 2.24) is 0 Å². The topological polar surface area (TPSA) is 46.4 Å². The monoisotopic (exact) mass is 362 g/mol. The van der Waals surface area contributed by atoms with E-state index in [1.807, 2.05) is 12.1 Å². The van der Waals surface area contributed by atoms with E-state index in [2.05, 4.69) is 18.7 Å². The Morgan fingerprint density at radius 1 is 0.731 bits per heavy atom. The van der Waals surface area contributed by atoms with Crippen molar-refractivity contribution in [2.45, 2.75) is 90.9 Å². The van der Waals surface area contributed by atoms with Crippen LogP contribution in [-0.4, -0.2) is 18.0 Å². The molecule has 0 aliphatic carbocycles. The van der Waals surface area contributed by atoms with E-state index in [4.69, 9.17) is 0 Å². The lowest BCUT2D eigenvalue weighted by atomic mass is 10.1. The number of non-ortho nitro benzene ring substituents is 1. The molecule has 0 N–H and O–H groups in total. The van der Waals surface area contributed by atoms with Crippen molar-refractivity contribution in [2.75, 3.05) is 18.0 Å². The van der Waals surface area contributed by atoms with Gasteiger partial charge in [-0.2, -0.15) is 0 Å². The highest BCUT2D eigenvalue weighted by atomic mass is 16.6. The Morgan fingerprint density at radius 2 is 1.15 bits per heavy atom. The molecule has 0 saturated heterocycles. The molecule has 148 valence electrons. The second-order valence-corrected chi connectivity index (χ2v) is 7.30. The summed E-state index contributed by atoms with van der Waals surface area (Å²) in [6.45, 7) is 6.60. The van der Waals surface area contributed by atoms with E-state index in [1.165, 1.54) is 77.0 Å². The summed E-state index contributed by atoms with van der Waals surface area (Å²) in [6.07, 6.45) is 15.5. The van der Waals surface area contributed by atoms with Crippen LogP contribution in [0.1, 0.15) is 90.9 Å². The molecule has 0 bridgehead atoms. The van der Waals surface area contributed by atoms with Gasteiger partial charge in [-0.15, -0.1) is 0 Å². The Hall–Kier alpha value is -1.58. The van der Waals surface area contributed by atoms with Crippen LogP contribution in [0.25, 0.3) is 0 Å². The summed E-state index contributed by atoms with van der Waals surface area (Å²) >= 11 is 0. The summed E-state index contributed by atoms with van der Waals surface area (Å²) in [7, 11) is 0. The van der Waals surface area contributed by atoms with Crippen LogP contribution < -0.4 is 4.90 Å². The first-order chi connectivity index (χ1) is 12.7. The number of nitro groups is 1. The van der Waals surface area contributed by atoms with E-state index in [-0.39, 0.29) is 10.6 Å². The second-order valence-electron chi connectivity index (χ2n) is 7.30. The third-order valence-corrected chi connectivity index (χ3v) is 4.99. The normalized spacial score (nSPS) is 10.8. The molecule has 4 nitrogen and oxygen atoms in total. The van der Waals surface area contributed by atoms with Crippen molar-refractivity contribution in [2.24, 2.45) is 0 Å². The number of benzene rings is 1. The number of anilines is 1. The average Bonchev–Trinajstić information content (AvgIpc) is 2.65. The van der Waals surface area contributed by atoms with E-state index < -0.39 is 0 Å². The Balaban J connectivity index is 2.47. The molecule has 0 radical (unpaired) electrons. The lowest BCUT2D eigenvalue weighted by Gasteiger charge is -2.25. The van der Waals surface area contributed by atoms with Gasteiger partial charge >= 0.3 is 0 Å². The van der Waals surface area contributed by atoms with Crippen molar-refractivity contribution >= 4 is 11.4 Å². The van der Waals surface area contributed by atoms with Gasteiger partial charge in [0.15, 0.2) is 0 Å². The molecule has 0 amide bonds. The molecule has 0 saturated carbocycles. The SMILES string of the molecule is CCCCCCCCN(CCCCCCCC)c1ccc([N+](=O)[O-])cc1. The van der Waals surface area contributed by atoms with Gasteiger partial charge in [0.25, 0.3) is 5.69 Å². The quantitative estimate of drug-likeness (QED) is 0.179. The summed E-state index contributed by atoms with van der Waals surface area (Å²) in [4.78, 5) is 13.0. The van der Waals surface area contributed by atoms with Gasteiger partial charge in [0.05, 0.1) is 4.92 Å². The summed E-state index contributed by atoms with van der Waals surface area (Å²) in [5.41, 5.74) is 1.30. The molecular formula is C22H38N2O2. The standard InChI is InChI=1S/C22H38N2O2/c1-3-5-7-9-11-13-19-23(20-14-12-10-8-6-4-2)21-15-17-22(18-16-21)24(25)26/h15-18H,3-14,19-20H2,1-2H3. The fourth-order valence-corrected chi connectivity index (χ4v) is 3.32. The highest BCUT2D eigenvalue weighted by Crippen LogP contribution is 2.21. The Morgan fingerprint density at radius 3 is 1.58 bits per heavy atom. The Labute approximate surface area is 160 Å². The predicted molar refractivity (Wildman–Crippen MR) is 112 cm³/mol. The van der Waals surface area contributed by atoms with E-state index >= 15 is 0 Å². The molecular weight excluding hydrogens is 324 g/mol. The molecule has 1 aromatic carbocycles. The van der Waals surface area contributed by atoms with Crippen molar-refractivity contribution in [1.29, 1.82) is 0 Å². The summed E-state index contributed by atoms with van der Waals surface area (Å²) in [5.74, 6) is 0. The minimum Gasteiger partial charge on any atom is -0.372 e. The van der Waals surface area contributed by atoms with Crippen LogP contribution in [0.5, 0.6) is 0 Å². The smallest absolute Gasteiger partial charge is 0.269 e. The first-order valence-corrected chi connectivity index (χ1v) is 10.7. The van der Waals surface area contributed by atoms with Crippen LogP contribution in [0.3, 0.4) is 0 Å². The van der Waals surface area contributed by atoms with Gasteiger partial charge in [0, 0.05) is 30.9 Å². The molecule has 0 aliphatic rings. The molecule has 26 heavy (non-hydrogen) atoms. The summed E-state index contributed by atoms with van der Waals surface area (Å²) < 4.78 is 0. The highest BCUT2D eigenvalue weighted by Gasteiger charge is 2.09. The Kier molecular flexibility index (Phi) is 12.6. The average molecular weight is 363 g/mol. The minimum atomic E-state index is -0.324. The lowest BCUT2D eigenvalue weighted by molar-refractivity contribution is -0.384. The molecule has 1 aromatic rings. The number of nitro benzene ring substituents is 1. The zero-order chi connectivity index (χ0) is 19.0. The van der Waals surface area contributed by atoms with E-state index in [0.29, 0.717) is 0 Å². The van der Waals surface area contributed by atoms with Crippen LogP contribution in [0, 0.1) is 10.1 Å². The molecule has 0 fully saturated rings. The van der Waals surface area contributed by atoms with E-state index in [0.717, 1.165) is 18.8 Å². The fraction of sp³-hybridized carbons (Fsp3) is 0.727. The number of rotatable bonds is 16. The maximum atomic E-state index is 10.9. The van der Waals surface area contributed by atoms with Gasteiger partial charge in [-0.25, -0.2) is 0 Å². The molecule has 0 spiro atoms. The van der Waals surface area contributed by atoms with Gasteiger partial charge in [-0.1, -0.05) is 78.1 Å². The van der Waals surface area contributed by atoms with Gasteiger partial charge < -0.3 is 4.90 Å². The van der Waals surface area contributed by atoms with Gasteiger partial charge in [0.1, 0.15) is 0 Å². The lowest BCUT2D eigenvalue weighted by Crippen LogP contribution is -2.25. The molecule has 0 aliphatic heterocycles. The fourth-order valence-electron chi connectivity index (χ4n) is 3.32. The van der Waals surface area contributed by atoms with Crippen LogP contribution in [-0.2, 0) is 0 Å². The first kappa shape index (κ1) is 22.5. The van der Waals surface area contributed by atoms with Crippen LogP contribution >= 0.6 is 0 Å². The van der Waals surface area contributed by atoms with Gasteiger partial charge in [-0.3, -0.25) is 10.1 Å². The number of nitrogens with zero attached hydrogens (tertiary/aromatic N) is 2. The molecule has 0 unspecified atom stereocenters. The Bertz CT molecular complexity index is 458. The molecule has 0 atom stereocenters. The first-order valence-electron chi connectivity index (χ1n) is 10.7. The maximum absolute atomic E-state index is 10.9. The van der Waals surface area contributed by atoms with Gasteiger partial charge in [-0.05, 0) is 25.0 Å². The molecule has 0 heterocycles. The molecule has 1 rings (SSSR count). The van der Waals surface area contributed by atoms with Crippen molar-refractivity contribution in [3.8, 4) is 0 Å². The second kappa shape index (κ2) is 14.6. The van der Waals surface area contributed by atoms with Crippen molar-refractivity contribution in [3.63, 3.8) is 0 Å². The minimum absolute atomic E-state index is 0.174.